The van der Waals surface area contributed by atoms with Crippen LogP contribution >= 0.6 is 46.4 Å². The van der Waals surface area contributed by atoms with E-state index in [9.17, 15) is 9.59 Å². The Kier molecular flexibility index (Phi) is 17.6. The predicted molar refractivity (Wildman–Crippen MR) is 222 cm³/mol. The maximum atomic E-state index is 12.4. The number of anilines is 2. The van der Waals surface area contributed by atoms with Crippen molar-refractivity contribution in [3.63, 3.8) is 0 Å². The highest BCUT2D eigenvalue weighted by atomic mass is 127. The van der Waals surface area contributed by atoms with Crippen LogP contribution in [0.15, 0.2) is 84.9 Å². The number of amides is 2. The summed E-state index contributed by atoms with van der Waals surface area (Å²) in [5, 5.41) is 7.39. The van der Waals surface area contributed by atoms with Crippen LogP contribution in [0.25, 0.3) is 0 Å². The average molecular weight is 944 g/mol. The van der Waals surface area contributed by atoms with E-state index in [-0.39, 0.29) is 35.8 Å². The second kappa shape index (κ2) is 21.3. The number of rotatable bonds is 11. The van der Waals surface area contributed by atoms with Gasteiger partial charge in [-0.1, -0.05) is 70.7 Å². The van der Waals surface area contributed by atoms with Crippen molar-refractivity contribution in [3.05, 3.63) is 127 Å². The van der Waals surface area contributed by atoms with E-state index in [1.54, 1.807) is 36.4 Å². The summed E-state index contributed by atoms with van der Waals surface area (Å²) in [7, 11) is 6.90. The molecule has 0 spiro atoms. The number of hydrogen-bond donors (Lipinski definition) is 2. The van der Waals surface area contributed by atoms with Gasteiger partial charge in [0.2, 0.25) is 0 Å². The Bertz CT molecular complexity index is 1870. The van der Waals surface area contributed by atoms with Gasteiger partial charge in [-0.2, -0.15) is 0 Å². The van der Waals surface area contributed by atoms with Crippen LogP contribution in [0.5, 0.6) is 0 Å². The molecule has 2 N–H and O–H groups in total. The molecule has 2 heterocycles. The van der Waals surface area contributed by atoms with Gasteiger partial charge < -0.3 is 53.1 Å². The SMILES string of the molecule is C[N+](C)(CCc1ccc(NC(=O)c2ccc(Cl)c(Cl)c2)cc1)C1CCOCC1.C[N+]1(CCc2ccc(NC(=O)c3ccc(Cl)c(Cl)c3)cc2)CCOCC1.[I-]. The quantitative estimate of drug-likeness (QED) is 0.137. The molecule has 0 unspecified atom stereocenters. The second-order valence-corrected chi connectivity index (χ2v) is 16.4. The molecule has 4 aromatic rings. The van der Waals surface area contributed by atoms with Crippen molar-refractivity contribution in [1.29, 1.82) is 0 Å². The number of carbonyl (C=O) groups excluding carboxylic acids is 2. The lowest BCUT2D eigenvalue weighted by Gasteiger charge is -2.40. The van der Waals surface area contributed by atoms with Crippen molar-refractivity contribution in [2.24, 2.45) is 0 Å². The number of nitrogens with zero attached hydrogens (tertiary/aromatic N) is 2. The molecule has 2 amide bonds. The molecule has 2 aliphatic heterocycles. The first kappa shape index (κ1) is 45.3. The molecule has 4 aromatic carbocycles. The molecule has 2 aliphatic rings. The molecule has 6 rings (SSSR count). The summed E-state index contributed by atoms with van der Waals surface area (Å²) in [4.78, 5) is 24.7. The largest absolute Gasteiger partial charge is 1.00 e. The lowest BCUT2D eigenvalue weighted by atomic mass is 10.0. The van der Waals surface area contributed by atoms with Crippen LogP contribution in [0.4, 0.5) is 11.4 Å². The van der Waals surface area contributed by atoms with Crippen LogP contribution in [-0.4, -0.2) is 101 Å². The fourth-order valence-corrected chi connectivity index (χ4v) is 7.18. The summed E-state index contributed by atoms with van der Waals surface area (Å²) < 4.78 is 13.0. The number of ether oxygens (including phenoxy) is 2. The van der Waals surface area contributed by atoms with Crippen LogP contribution in [0.3, 0.4) is 0 Å². The topological polar surface area (TPSA) is 76.7 Å². The summed E-state index contributed by atoms with van der Waals surface area (Å²) in [6, 6.07) is 26.4. The van der Waals surface area contributed by atoms with Crippen LogP contribution in [-0.2, 0) is 22.3 Å². The minimum absolute atomic E-state index is 0. The van der Waals surface area contributed by atoms with Crippen molar-refractivity contribution in [3.8, 4) is 0 Å². The van der Waals surface area contributed by atoms with Crippen molar-refractivity contribution < 1.29 is 52.0 Å². The predicted octanol–water partition coefficient (Wildman–Crippen LogP) is 6.31. The summed E-state index contributed by atoms with van der Waals surface area (Å²) in [6.07, 6.45) is 4.28. The smallest absolute Gasteiger partial charge is 0.255 e. The van der Waals surface area contributed by atoms with E-state index < -0.39 is 0 Å². The number of morpholine rings is 1. The van der Waals surface area contributed by atoms with Crippen molar-refractivity contribution in [2.45, 2.75) is 31.7 Å². The Morgan fingerprint density at radius 2 is 1.09 bits per heavy atom. The second-order valence-electron chi connectivity index (χ2n) is 14.8. The molecule has 0 bridgehead atoms. The molecule has 13 heteroatoms. The monoisotopic (exact) mass is 941 g/mol. The normalized spacial score (nSPS) is 15.5. The molecule has 296 valence electrons. The zero-order valence-electron chi connectivity index (χ0n) is 31.6. The minimum atomic E-state index is -0.206. The number of benzene rings is 4. The molecule has 2 saturated heterocycles. The standard InChI is InChI=1S/C22H26Cl2N2O2.C20H22Cl2N2O2.HI/c1-26(2,19-10-13-28-14-11-19)12-9-16-3-6-18(7-4-16)25-22(27)17-5-8-20(23)21(24)15-17;1-24(10-12-26-13-11-24)9-8-15-2-5-17(6-3-15)23-20(25)16-4-7-18(21)19(22)14-16;/h3-8,15,19H,9-14H2,1-2H3;2-7,14H,8-13H2,1H3;1H/p+1. The van der Waals surface area contributed by atoms with E-state index >= 15 is 0 Å². The highest BCUT2D eigenvalue weighted by Gasteiger charge is 2.30. The van der Waals surface area contributed by atoms with Crippen LogP contribution in [0.1, 0.15) is 44.7 Å². The Morgan fingerprint density at radius 3 is 1.55 bits per heavy atom. The maximum absolute atomic E-state index is 12.4. The zero-order valence-corrected chi connectivity index (χ0v) is 36.7. The van der Waals surface area contributed by atoms with Crippen LogP contribution in [0, 0.1) is 0 Å². The van der Waals surface area contributed by atoms with Gasteiger partial charge in [-0.05, 0) is 71.8 Å². The van der Waals surface area contributed by atoms with E-state index in [0.29, 0.717) is 37.3 Å². The highest BCUT2D eigenvalue weighted by molar-refractivity contribution is 6.42. The fourth-order valence-electron chi connectivity index (χ4n) is 6.58. The van der Waals surface area contributed by atoms with Gasteiger partial charge in [0.15, 0.2) is 0 Å². The number of likely N-dealkylation sites (N-methyl/N-ethyl adjacent to an activating group) is 2. The fraction of sp³-hybridized carbons (Fsp3) is 0.381. The molecule has 0 atom stereocenters. The number of nitrogens with one attached hydrogen (secondary N) is 2. The molecule has 0 saturated carbocycles. The number of halogens is 5. The molecule has 2 fully saturated rings. The summed E-state index contributed by atoms with van der Waals surface area (Å²) in [5.74, 6) is -0.411. The van der Waals surface area contributed by atoms with Gasteiger partial charge in [0, 0.05) is 48.2 Å². The Hall–Kier alpha value is -2.45. The zero-order chi connectivity index (χ0) is 38.7. The molecule has 8 nitrogen and oxygen atoms in total. The molecule has 0 aromatic heterocycles. The Labute approximate surface area is 362 Å². The lowest BCUT2D eigenvalue weighted by molar-refractivity contribution is -0.916. The maximum Gasteiger partial charge on any atom is 0.255 e. The van der Waals surface area contributed by atoms with E-state index in [1.165, 1.54) is 11.1 Å². The summed E-state index contributed by atoms with van der Waals surface area (Å²) >= 11 is 23.7. The first-order valence-corrected chi connectivity index (χ1v) is 19.8. The van der Waals surface area contributed by atoms with Gasteiger partial charge in [0.25, 0.3) is 11.8 Å². The third-order valence-electron chi connectivity index (χ3n) is 10.4. The first-order valence-electron chi connectivity index (χ1n) is 18.3. The van der Waals surface area contributed by atoms with Gasteiger partial charge >= 0.3 is 0 Å². The minimum Gasteiger partial charge on any atom is -1.00 e. The number of hydrogen-bond acceptors (Lipinski definition) is 4. The van der Waals surface area contributed by atoms with Crippen LogP contribution in [0.2, 0.25) is 20.1 Å². The molecule has 0 aliphatic carbocycles. The van der Waals surface area contributed by atoms with Crippen molar-refractivity contribution >= 4 is 69.6 Å². The third-order valence-corrected chi connectivity index (χ3v) is 11.9. The van der Waals surface area contributed by atoms with Crippen LogP contribution < -0.4 is 34.6 Å². The highest BCUT2D eigenvalue weighted by Crippen LogP contribution is 2.25. The summed E-state index contributed by atoms with van der Waals surface area (Å²) in [6.45, 7) is 7.75. The Morgan fingerprint density at radius 1 is 0.655 bits per heavy atom. The van der Waals surface area contributed by atoms with Gasteiger partial charge in [0.05, 0.1) is 86.8 Å². The van der Waals surface area contributed by atoms with E-state index in [0.717, 1.165) is 98.6 Å². The number of quaternary nitrogens is 2. The van der Waals surface area contributed by atoms with Gasteiger partial charge in [-0.25, -0.2) is 0 Å². The van der Waals surface area contributed by atoms with E-state index in [2.05, 4.69) is 56.0 Å². The first-order chi connectivity index (χ1) is 25.8. The van der Waals surface area contributed by atoms with Gasteiger partial charge in [-0.3, -0.25) is 9.59 Å². The third kappa shape index (κ3) is 13.9. The Balaban J connectivity index is 0.000000241. The lowest BCUT2D eigenvalue weighted by Crippen LogP contribution is -3.00. The van der Waals surface area contributed by atoms with E-state index in [4.69, 9.17) is 55.9 Å². The van der Waals surface area contributed by atoms with Crippen molar-refractivity contribution in [2.75, 3.05) is 84.4 Å². The van der Waals surface area contributed by atoms with Gasteiger partial charge in [0.1, 0.15) is 13.1 Å². The van der Waals surface area contributed by atoms with Crippen molar-refractivity contribution in [1.82, 2.24) is 0 Å². The molecular weight excluding hydrogens is 893 g/mol. The summed E-state index contributed by atoms with van der Waals surface area (Å²) in [5.41, 5.74) is 5.02. The molecule has 0 radical (unpaired) electrons. The molecular formula is C42H50Cl4IN4O4+. The van der Waals surface area contributed by atoms with Gasteiger partial charge in [-0.15, -0.1) is 0 Å². The average Bonchev–Trinajstić information content (AvgIpc) is 3.17. The number of carbonyl (C=O) groups is 2. The van der Waals surface area contributed by atoms with E-state index in [1.807, 2.05) is 24.3 Å². The molecule has 55 heavy (non-hydrogen) atoms.